The Morgan fingerprint density at radius 2 is 2.19 bits per heavy atom. The first kappa shape index (κ1) is 14.1. The van der Waals surface area contributed by atoms with Gasteiger partial charge in [-0.3, -0.25) is 0 Å². The van der Waals surface area contributed by atoms with Gasteiger partial charge in [0.2, 0.25) is 0 Å². The Labute approximate surface area is 124 Å². The molecule has 0 radical (unpaired) electrons. The average Bonchev–Trinajstić information content (AvgIpc) is 3.34. The van der Waals surface area contributed by atoms with Crippen LogP contribution in [0.25, 0.3) is 10.9 Å². The van der Waals surface area contributed by atoms with Crippen LogP contribution in [-0.4, -0.2) is 18.7 Å². The summed E-state index contributed by atoms with van der Waals surface area (Å²) in [5, 5.41) is 1.05. The largest absolute Gasteiger partial charge is 0.497 e. The maximum atomic E-state index is 5.75. The predicted octanol–water partition coefficient (Wildman–Crippen LogP) is 2.85. The minimum atomic E-state index is 0.529. The molecule has 0 atom stereocenters. The first-order valence-corrected chi connectivity index (χ1v) is 7.32. The summed E-state index contributed by atoms with van der Waals surface area (Å²) >= 11 is 0. The van der Waals surface area contributed by atoms with Crippen molar-refractivity contribution in [1.82, 2.24) is 4.98 Å². The number of methoxy groups -OCH3 is 1. The van der Waals surface area contributed by atoms with E-state index in [1.165, 1.54) is 12.8 Å². The van der Waals surface area contributed by atoms with E-state index < -0.39 is 0 Å². The summed E-state index contributed by atoms with van der Waals surface area (Å²) in [6.07, 6.45) is 3.88. The van der Waals surface area contributed by atoms with Crippen molar-refractivity contribution in [1.29, 1.82) is 0 Å². The molecule has 1 fully saturated rings. The number of anilines is 1. The quantitative estimate of drug-likeness (QED) is 0.465. The number of pyridine rings is 1. The van der Waals surface area contributed by atoms with Crippen molar-refractivity contribution in [2.24, 2.45) is 11.8 Å². The number of nitrogen functional groups attached to an aromatic ring is 1. The van der Waals surface area contributed by atoms with Crippen LogP contribution in [0, 0.1) is 5.92 Å². The third-order valence-corrected chi connectivity index (χ3v) is 3.87. The number of nitrogens with two attached hydrogens (primary N) is 1. The molecule has 112 valence electrons. The van der Waals surface area contributed by atoms with Crippen molar-refractivity contribution in [3.63, 3.8) is 0 Å². The monoisotopic (exact) mass is 287 g/mol. The molecular formula is C16H21N3O2. The molecule has 1 aliphatic rings. The second-order valence-corrected chi connectivity index (χ2v) is 5.48. The molecule has 21 heavy (non-hydrogen) atoms. The summed E-state index contributed by atoms with van der Waals surface area (Å²) in [6.45, 7) is 1.33. The maximum Gasteiger partial charge on any atom is 0.146 e. The third kappa shape index (κ3) is 3.43. The van der Waals surface area contributed by atoms with Crippen LogP contribution in [0.15, 0.2) is 24.3 Å². The van der Waals surface area contributed by atoms with Gasteiger partial charge in [-0.1, -0.05) is 12.8 Å². The third-order valence-electron chi connectivity index (χ3n) is 3.87. The zero-order chi connectivity index (χ0) is 14.7. The molecule has 5 heteroatoms. The highest BCUT2D eigenvalue weighted by Crippen LogP contribution is 2.32. The second kappa shape index (κ2) is 6.28. The van der Waals surface area contributed by atoms with Crippen LogP contribution in [0.4, 0.5) is 5.82 Å². The summed E-state index contributed by atoms with van der Waals surface area (Å²) in [5.74, 6) is 7.90. The van der Waals surface area contributed by atoms with Crippen LogP contribution < -0.4 is 16.0 Å². The van der Waals surface area contributed by atoms with Gasteiger partial charge in [0.15, 0.2) is 0 Å². The maximum absolute atomic E-state index is 5.75. The zero-order valence-corrected chi connectivity index (χ0v) is 12.3. The molecule has 1 heterocycles. The summed E-state index contributed by atoms with van der Waals surface area (Å²) in [6, 6.07) is 7.88. The Morgan fingerprint density at radius 3 is 2.90 bits per heavy atom. The summed E-state index contributed by atoms with van der Waals surface area (Å²) < 4.78 is 11.0. The fourth-order valence-corrected chi connectivity index (χ4v) is 2.39. The molecular weight excluding hydrogens is 266 g/mol. The van der Waals surface area contributed by atoms with Crippen LogP contribution in [-0.2, 0) is 11.3 Å². The Morgan fingerprint density at radius 1 is 1.33 bits per heavy atom. The number of fused-ring (bicyclic) bond motifs is 1. The molecule has 3 rings (SSSR count). The average molecular weight is 287 g/mol. The smallest absolute Gasteiger partial charge is 0.146 e. The number of hydrazine groups is 1. The van der Waals surface area contributed by atoms with Crippen molar-refractivity contribution in [2.45, 2.75) is 25.9 Å². The van der Waals surface area contributed by atoms with Gasteiger partial charge >= 0.3 is 0 Å². The Hall–Kier alpha value is -1.85. The van der Waals surface area contributed by atoms with E-state index in [-0.39, 0.29) is 0 Å². The van der Waals surface area contributed by atoms with Gasteiger partial charge in [-0.2, -0.15) is 0 Å². The van der Waals surface area contributed by atoms with Crippen LogP contribution in [0.1, 0.15) is 24.8 Å². The number of rotatable bonds is 7. The lowest BCUT2D eigenvalue weighted by molar-refractivity contribution is 0.115. The molecule has 1 aromatic heterocycles. The van der Waals surface area contributed by atoms with Gasteiger partial charge < -0.3 is 14.9 Å². The molecule has 2 aromatic rings. The van der Waals surface area contributed by atoms with Crippen molar-refractivity contribution in [3.05, 3.63) is 29.8 Å². The van der Waals surface area contributed by atoms with E-state index in [2.05, 4.69) is 16.5 Å². The van der Waals surface area contributed by atoms with Crippen molar-refractivity contribution >= 4 is 16.7 Å². The van der Waals surface area contributed by atoms with Crippen LogP contribution in [0.5, 0.6) is 5.75 Å². The fourth-order valence-electron chi connectivity index (χ4n) is 2.39. The minimum absolute atomic E-state index is 0.529. The van der Waals surface area contributed by atoms with Crippen molar-refractivity contribution < 1.29 is 9.47 Å². The topological polar surface area (TPSA) is 69.4 Å². The number of nitrogens with zero attached hydrogens (tertiary/aromatic N) is 1. The molecule has 0 spiro atoms. The molecule has 1 saturated carbocycles. The van der Waals surface area contributed by atoms with E-state index in [1.807, 2.05) is 18.2 Å². The first-order chi connectivity index (χ1) is 10.3. The van der Waals surface area contributed by atoms with E-state index >= 15 is 0 Å². The number of hydrogen-bond donors (Lipinski definition) is 2. The molecule has 0 amide bonds. The van der Waals surface area contributed by atoms with E-state index in [0.717, 1.165) is 41.2 Å². The minimum Gasteiger partial charge on any atom is -0.497 e. The highest BCUT2D eigenvalue weighted by molar-refractivity contribution is 5.83. The molecule has 0 saturated heterocycles. The van der Waals surface area contributed by atoms with Gasteiger partial charge in [-0.15, -0.1) is 0 Å². The van der Waals surface area contributed by atoms with Crippen LogP contribution >= 0.6 is 0 Å². The number of nitrogens with one attached hydrogen (secondary N) is 1. The summed E-state index contributed by atoms with van der Waals surface area (Å²) in [5.41, 5.74) is 4.48. The summed E-state index contributed by atoms with van der Waals surface area (Å²) in [7, 11) is 1.64. The standard InChI is InChI=1S/C16H21N3O2/c1-20-14-5-4-12-8-13(10-21-7-6-11-2-3-11)16(19-17)18-15(12)9-14/h4-5,8-9,11H,2-3,6-7,10,17H2,1H3,(H,18,19). The van der Waals surface area contributed by atoms with Gasteiger partial charge in [0.05, 0.1) is 19.2 Å². The first-order valence-electron chi connectivity index (χ1n) is 7.32. The molecule has 3 N–H and O–H groups in total. The molecule has 0 unspecified atom stereocenters. The molecule has 5 nitrogen and oxygen atoms in total. The van der Waals surface area contributed by atoms with Crippen molar-refractivity contribution in [3.8, 4) is 5.75 Å². The molecule has 0 bridgehead atoms. The Bertz CT molecular complexity index is 626. The van der Waals surface area contributed by atoms with E-state index in [4.69, 9.17) is 15.3 Å². The molecule has 1 aromatic carbocycles. The van der Waals surface area contributed by atoms with Gasteiger partial charge in [0.1, 0.15) is 11.6 Å². The molecule has 1 aliphatic carbocycles. The van der Waals surface area contributed by atoms with Crippen LogP contribution in [0.3, 0.4) is 0 Å². The highest BCUT2D eigenvalue weighted by Gasteiger charge is 2.20. The summed E-state index contributed by atoms with van der Waals surface area (Å²) in [4.78, 5) is 4.53. The SMILES string of the molecule is COc1ccc2cc(COCCC3CC3)c(NN)nc2c1. The lowest BCUT2D eigenvalue weighted by atomic mass is 10.1. The normalized spacial score (nSPS) is 14.4. The Kier molecular flexibility index (Phi) is 4.22. The number of hydrogen-bond acceptors (Lipinski definition) is 5. The van der Waals surface area contributed by atoms with Gasteiger partial charge in [-0.25, -0.2) is 10.8 Å². The fraction of sp³-hybridized carbons (Fsp3) is 0.438. The molecule has 0 aliphatic heterocycles. The van der Waals surface area contributed by atoms with Gasteiger partial charge in [0.25, 0.3) is 0 Å². The lowest BCUT2D eigenvalue weighted by Crippen LogP contribution is -2.12. The highest BCUT2D eigenvalue weighted by atomic mass is 16.5. The van der Waals surface area contributed by atoms with Crippen LogP contribution in [0.2, 0.25) is 0 Å². The number of ether oxygens (including phenoxy) is 2. The van der Waals surface area contributed by atoms with Gasteiger partial charge in [-0.05, 0) is 30.5 Å². The number of aromatic nitrogens is 1. The number of benzene rings is 1. The lowest BCUT2D eigenvalue weighted by Gasteiger charge is -2.11. The van der Waals surface area contributed by atoms with E-state index in [9.17, 15) is 0 Å². The second-order valence-electron chi connectivity index (χ2n) is 5.48. The van der Waals surface area contributed by atoms with Crippen molar-refractivity contribution in [2.75, 3.05) is 19.1 Å². The Balaban J connectivity index is 1.75. The van der Waals surface area contributed by atoms with E-state index in [0.29, 0.717) is 12.4 Å². The van der Waals surface area contributed by atoms with E-state index in [1.54, 1.807) is 7.11 Å². The van der Waals surface area contributed by atoms with Gasteiger partial charge in [0, 0.05) is 23.6 Å². The zero-order valence-electron chi connectivity index (χ0n) is 12.3. The predicted molar refractivity (Wildman–Crippen MR) is 83.1 cm³/mol.